The Morgan fingerprint density at radius 1 is 0.943 bits per heavy atom. The first-order valence-corrected chi connectivity index (χ1v) is 12.0. The molecule has 0 radical (unpaired) electrons. The van der Waals surface area contributed by atoms with Gasteiger partial charge in [0.05, 0.1) is 12.3 Å². The minimum Gasteiger partial charge on any atom is -0.467 e. The standard InChI is InChI=1S/C27H32N4O4/c1-18(2)31-16-22(26(33)28-20(4)24-6-5-15-35-24)25(32)23(17-31)27(34)30-13-11-29(12-14-30)21-9-7-19(3)8-10-21/h5-10,15-18,20H,11-14H2,1-4H3,(H,28,33). The minimum atomic E-state index is -0.558. The van der Waals surface area contributed by atoms with Crippen molar-refractivity contribution in [1.29, 1.82) is 0 Å². The molecule has 0 bridgehead atoms. The maximum absolute atomic E-state index is 13.4. The summed E-state index contributed by atoms with van der Waals surface area (Å²) >= 11 is 0. The first-order valence-electron chi connectivity index (χ1n) is 12.0. The van der Waals surface area contributed by atoms with Crippen LogP contribution in [0.2, 0.25) is 0 Å². The molecule has 8 heteroatoms. The molecule has 1 fully saturated rings. The first-order chi connectivity index (χ1) is 16.7. The van der Waals surface area contributed by atoms with Crippen LogP contribution in [-0.2, 0) is 0 Å². The number of carbonyl (C=O) groups excluding carboxylic acids is 2. The SMILES string of the molecule is Cc1ccc(N2CCN(C(=O)c3cn(C(C)C)cc(C(=O)NC(C)c4ccco4)c3=O)CC2)cc1. The fourth-order valence-corrected chi connectivity index (χ4v) is 4.19. The van der Waals surface area contributed by atoms with Crippen LogP contribution in [0.5, 0.6) is 0 Å². The summed E-state index contributed by atoms with van der Waals surface area (Å²) in [6.45, 7) is 10.1. The molecule has 1 N–H and O–H groups in total. The van der Waals surface area contributed by atoms with Crippen molar-refractivity contribution >= 4 is 17.5 Å². The summed E-state index contributed by atoms with van der Waals surface area (Å²) in [6.07, 6.45) is 4.61. The lowest BCUT2D eigenvalue weighted by Gasteiger charge is -2.36. The van der Waals surface area contributed by atoms with Crippen molar-refractivity contribution in [2.24, 2.45) is 0 Å². The molecule has 0 aliphatic carbocycles. The lowest BCUT2D eigenvalue weighted by molar-refractivity contribution is 0.0744. The largest absolute Gasteiger partial charge is 0.467 e. The fourth-order valence-electron chi connectivity index (χ4n) is 4.19. The number of amides is 2. The average Bonchev–Trinajstić information content (AvgIpc) is 3.39. The van der Waals surface area contributed by atoms with Gasteiger partial charge in [-0.3, -0.25) is 14.4 Å². The topological polar surface area (TPSA) is 87.8 Å². The van der Waals surface area contributed by atoms with Crippen LogP contribution in [0.15, 0.2) is 64.3 Å². The molecule has 3 heterocycles. The Hall–Kier alpha value is -3.81. The van der Waals surface area contributed by atoms with Crippen molar-refractivity contribution in [2.75, 3.05) is 31.1 Å². The van der Waals surface area contributed by atoms with Gasteiger partial charge in [0.15, 0.2) is 0 Å². The number of aryl methyl sites for hydroxylation is 1. The van der Waals surface area contributed by atoms with E-state index in [1.54, 1.807) is 34.7 Å². The highest BCUT2D eigenvalue weighted by molar-refractivity contribution is 5.99. The molecule has 1 aliphatic heterocycles. The van der Waals surface area contributed by atoms with E-state index in [1.165, 1.54) is 18.0 Å². The van der Waals surface area contributed by atoms with Gasteiger partial charge in [-0.15, -0.1) is 0 Å². The van der Waals surface area contributed by atoms with Gasteiger partial charge >= 0.3 is 0 Å². The number of aromatic nitrogens is 1. The Morgan fingerprint density at radius 2 is 1.60 bits per heavy atom. The van der Waals surface area contributed by atoms with Crippen molar-refractivity contribution < 1.29 is 14.0 Å². The fraction of sp³-hybridized carbons (Fsp3) is 0.370. The van der Waals surface area contributed by atoms with Crippen molar-refractivity contribution in [3.63, 3.8) is 0 Å². The number of rotatable bonds is 6. The van der Waals surface area contributed by atoms with E-state index in [9.17, 15) is 14.4 Å². The van der Waals surface area contributed by atoms with E-state index >= 15 is 0 Å². The van der Waals surface area contributed by atoms with Crippen LogP contribution < -0.4 is 15.6 Å². The molecule has 2 aromatic heterocycles. The predicted octanol–water partition coefficient (Wildman–Crippen LogP) is 3.78. The molecule has 0 saturated carbocycles. The Kier molecular flexibility index (Phi) is 7.10. The van der Waals surface area contributed by atoms with E-state index in [0.29, 0.717) is 31.9 Å². The number of hydrogen-bond donors (Lipinski definition) is 1. The molecule has 2 amide bonds. The van der Waals surface area contributed by atoms with E-state index in [0.717, 1.165) is 5.69 Å². The molecule has 1 aliphatic rings. The van der Waals surface area contributed by atoms with E-state index < -0.39 is 17.4 Å². The third kappa shape index (κ3) is 5.31. The van der Waals surface area contributed by atoms with Crippen LogP contribution in [-0.4, -0.2) is 47.5 Å². The van der Waals surface area contributed by atoms with Crippen molar-refractivity contribution in [1.82, 2.24) is 14.8 Å². The Bertz CT molecular complexity index is 1240. The van der Waals surface area contributed by atoms with Gasteiger partial charge in [0.2, 0.25) is 5.43 Å². The van der Waals surface area contributed by atoms with E-state index in [2.05, 4.69) is 41.4 Å². The molecule has 35 heavy (non-hydrogen) atoms. The highest BCUT2D eigenvalue weighted by Gasteiger charge is 2.27. The van der Waals surface area contributed by atoms with Crippen LogP contribution in [0.3, 0.4) is 0 Å². The van der Waals surface area contributed by atoms with E-state index in [-0.39, 0.29) is 23.1 Å². The molecule has 4 rings (SSSR count). The summed E-state index contributed by atoms with van der Waals surface area (Å²) in [5.41, 5.74) is 1.72. The average molecular weight is 477 g/mol. The summed E-state index contributed by atoms with van der Waals surface area (Å²) in [7, 11) is 0. The number of carbonyl (C=O) groups is 2. The molecule has 1 atom stereocenters. The third-order valence-corrected chi connectivity index (χ3v) is 6.40. The number of nitrogens with zero attached hydrogens (tertiary/aromatic N) is 3. The van der Waals surface area contributed by atoms with Gasteiger partial charge in [-0.05, 0) is 52.0 Å². The maximum atomic E-state index is 13.4. The van der Waals surface area contributed by atoms with Crippen molar-refractivity contribution in [2.45, 2.75) is 39.8 Å². The van der Waals surface area contributed by atoms with Gasteiger partial charge in [0.25, 0.3) is 11.8 Å². The summed E-state index contributed by atoms with van der Waals surface area (Å²) in [4.78, 5) is 43.7. The van der Waals surface area contributed by atoms with Crippen LogP contribution in [0.4, 0.5) is 5.69 Å². The number of hydrogen-bond acceptors (Lipinski definition) is 5. The number of nitrogens with one attached hydrogen (secondary N) is 1. The second-order valence-corrected chi connectivity index (χ2v) is 9.28. The van der Waals surface area contributed by atoms with Crippen molar-refractivity contribution in [3.8, 4) is 0 Å². The van der Waals surface area contributed by atoms with Gasteiger partial charge in [0, 0.05) is 50.3 Å². The van der Waals surface area contributed by atoms with Crippen LogP contribution in [0.1, 0.15) is 64.9 Å². The van der Waals surface area contributed by atoms with E-state index in [4.69, 9.17) is 4.42 Å². The normalized spacial score (nSPS) is 14.8. The van der Waals surface area contributed by atoms with Crippen LogP contribution >= 0.6 is 0 Å². The summed E-state index contributed by atoms with van der Waals surface area (Å²) < 4.78 is 7.09. The number of anilines is 1. The summed E-state index contributed by atoms with van der Waals surface area (Å²) in [6, 6.07) is 11.4. The Balaban J connectivity index is 1.54. The summed E-state index contributed by atoms with van der Waals surface area (Å²) in [5.74, 6) is -0.296. The second kappa shape index (κ2) is 10.2. The van der Waals surface area contributed by atoms with Gasteiger partial charge in [-0.1, -0.05) is 17.7 Å². The zero-order valence-corrected chi connectivity index (χ0v) is 20.7. The molecule has 1 saturated heterocycles. The van der Waals surface area contributed by atoms with Gasteiger partial charge in [-0.2, -0.15) is 0 Å². The molecule has 184 valence electrons. The lowest BCUT2D eigenvalue weighted by atomic mass is 10.1. The minimum absolute atomic E-state index is 0.0146. The second-order valence-electron chi connectivity index (χ2n) is 9.28. The zero-order valence-electron chi connectivity index (χ0n) is 20.7. The Labute approximate surface area is 205 Å². The van der Waals surface area contributed by atoms with Gasteiger partial charge in [0.1, 0.15) is 16.9 Å². The monoisotopic (exact) mass is 476 g/mol. The quantitative estimate of drug-likeness (QED) is 0.585. The first kappa shape index (κ1) is 24.3. The number of pyridine rings is 1. The highest BCUT2D eigenvalue weighted by atomic mass is 16.3. The molecule has 3 aromatic rings. The number of furan rings is 1. The third-order valence-electron chi connectivity index (χ3n) is 6.40. The van der Waals surface area contributed by atoms with Crippen molar-refractivity contribution in [3.05, 3.63) is 87.7 Å². The summed E-state index contributed by atoms with van der Waals surface area (Å²) in [5, 5.41) is 2.80. The number of benzene rings is 1. The predicted molar refractivity (Wildman–Crippen MR) is 135 cm³/mol. The molecule has 0 spiro atoms. The van der Waals surface area contributed by atoms with Gasteiger partial charge in [-0.25, -0.2) is 0 Å². The lowest BCUT2D eigenvalue weighted by Crippen LogP contribution is -2.50. The smallest absolute Gasteiger partial charge is 0.259 e. The highest BCUT2D eigenvalue weighted by Crippen LogP contribution is 2.19. The molecule has 8 nitrogen and oxygen atoms in total. The molecule has 1 unspecified atom stereocenters. The molecule has 1 aromatic carbocycles. The van der Waals surface area contributed by atoms with Crippen LogP contribution in [0, 0.1) is 6.92 Å². The zero-order chi connectivity index (χ0) is 25.1. The van der Waals surface area contributed by atoms with E-state index in [1.807, 2.05) is 13.8 Å². The maximum Gasteiger partial charge on any atom is 0.259 e. The van der Waals surface area contributed by atoms with Gasteiger partial charge < -0.3 is 24.1 Å². The number of piperazine rings is 1. The molecular formula is C27H32N4O4. The van der Waals surface area contributed by atoms with Crippen LogP contribution in [0.25, 0.3) is 0 Å². The Morgan fingerprint density at radius 3 is 2.20 bits per heavy atom. The molecular weight excluding hydrogens is 444 g/mol.